The van der Waals surface area contributed by atoms with Gasteiger partial charge in [-0.3, -0.25) is 9.69 Å². The fourth-order valence-corrected chi connectivity index (χ4v) is 2.32. The molecule has 0 aromatic heterocycles. The van der Waals surface area contributed by atoms with Gasteiger partial charge >= 0.3 is 5.97 Å². The number of carbonyl (C=O) groups excluding carboxylic acids is 1. The Morgan fingerprint density at radius 3 is 2.87 bits per heavy atom. The molecule has 1 unspecified atom stereocenters. The second-order valence-electron chi connectivity index (χ2n) is 4.84. The molecule has 1 atom stereocenters. The second-order valence-corrected chi connectivity index (χ2v) is 4.84. The molecule has 0 aliphatic carbocycles. The van der Waals surface area contributed by atoms with Crippen molar-refractivity contribution in [3.8, 4) is 17.6 Å². The number of anilines is 1. The fraction of sp³-hybridized carbons (Fsp3) is 0.312. The van der Waals surface area contributed by atoms with E-state index < -0.39 is 12.1 Å². The SMILES string of the molecule is CCC1Oc2c(OC)cc(/C=C/C(=O)O)cc2N(CC#N)C1=O. The van der Waals surface area contributed by atoms with Crippen molar-refractivity contribution < 1.29 is 24.2 Å². The van der Waals surface area contributed by atoms with Crippen LogP contribution in [-0.4, -0.2) is 36.7 Å². The fourth-order valence-electron chi connectivity index (χ4n) is 2.32. The third-order valence-corrected chi connectivity index (χ3v) is 3.39. The number of carboxylic acid groups (broad SMARTS) is 1. The predicted octanol–water partition coefficient (Wildman–Crippen LogP) is 1.82. The lowest BCUT2D eigenvalue weighted by molar-refractivity contribution is -0.131. The lowest BCUT2D eigenvalue weighted by Crippen LogP contribution is -2.45. The Bertz CT molecular complexity index is 705. The van der Waals surface area contributed by atoms with Crippen LogP contribution in [0.4, 0.5) is 5.69 Å². The molecule has 0 fully saturated rings. The van der Waals surface area contributed by atoms with Gasteiger partial charge in [0.1, 0.15) is 6.54 Å². The van der Waals surface area contributed by atoms with Gasteiger partial charge in [-0.2, -0.15) is 5.26 Å². The van der Waals surface area contributed by atoms with E-state index in [1.807, 2.05) is 13.0 Å². The van der Waals surface area contributed by atoms with Gasteiger partial charge in [0.15, 0.2) is 17.6 Å². The van der Waals surface area contributed by atoms with Gasteiger partial charge in [-0.15, -0.1) is 0 Å². The zero-order valence-electron chi connectivity index (χ0n) is 12.8. The van der Waals surface area contributed by atoms with Crippen LogP contribution in [0.5, 0.6) is 11.5 Å². The molecule has 1 amide bonds. The van der Waals surface area contributed by atoms with Gasteiger partial charge in [0.25, 0.3) is 5.91 Å². The lowest BCUT2D eigenvalue weighted by atomic mass is 10.1. The van der Waals surface area contributed by atoms with E-state index in [9.17, 15) is 9.59 Å². The molecule has 2 rings (SSSR count). The highest BCUT2D eigenvalue weighted by Crippen LogP contribution is 2.43. The first-order valence-electron chi connectivity index (χ1n) is 6.99. The smallest absolute Gasteiger partial charge is 0.328 e. The zero-order chi connectivity index (χ0) is 17.0. The van der Waals surface area contributed by atoms with Gasteiger partial charge < -0.3 is 14.6 Å². The number of methoxy groups -OCH3 is 1. The number of rotatable bonds is 5. The van der Waals surface area contributed by atoms with Crippen LogP contribution < -0.4 is 14.4 Å². The van der Waals surface area contributed by atoms with E-state index >= 15 is 0 Å². The maximum Gasteiger partial charge on any atom is 0.328 e. The number of fused-ring (bicyclic) bond motifs is 1. The van der Waals surface area contributed by atoms with Crippen molar-refractivity contribution >= 4 is 23.6 Å². The summed E-state index contributed by atoms with van der Waals surface area (Å²) in [4.78, 5) is 24.4. The van der Waals surface area contributed by atoms with E-state index in [0.717, 1.165) is 6.08 Å². The van der Waals surface area contributed by atoms with E-state index in [1.165, 1.54) is 18.1 Å². The maximum absolute atomic E-state index is 12.4. The summed E-state index contributed by atoms with van der Waals surface area (Å²) >= 11 is 0. The standard InChI is InChI=1S/C16H16N2O5/c1-3-12-16(21)18(7-6-17)11-8-10(4-5-14(19)20)9-13(22-2)15(11)23-12/h4-5,8-9,12H,3,7H2,1-2H3,(H,19,20)/b5-4+. The number of ether oxygens (including phenoxy) is 2. The quantitative estimate of drug-likeness (QED) is 0.657. The number of hydrogen-bond donors (Lipinski definition) is 1. The molecule has 0 bridgehead atoms. The second kappa shape index (κ2) is 6.83. The van der Waals surface area contributed by atoms with Crippen LogP contribution in [0.3, 0.4) is 0 Å². The molecule has 1 aromatic carbocycles. The van der Waals surface area contributed by atoms with Gasteiger partial charge in [0.05, 0.1) is 18.9 Å². The minimum absolute atomic E-state index is 0.124. The third-order valence-electron chi connectivity index (χ3n) is 3.39. The van der Waals surface area contributed by atoms with E-state index in [1.54, 1.807) is 12.1 Å². The Hall–Kier alpha value is -3.01. The molecule has 7 heteroatoms. The van der Waals surface area contributed by atoms with E-state index in [2.05, 4.69) is 0 Å². The summed E-state index contributed by atoms with van der Waals surface area (Å²) in [6.45, 7) is 1.69. The first-order chi connectivity index (χ1) is 11.0. The molecule has 1 N–H and O–H groups in total. The lowest BCUT2D eigenvalue weighted by Gasteiger charge is -2.33. The summed E-state index contributed by atoms with van der Waals surface area (Å²) in [6.07, 6.45) is 2.15. The number of carbonyl (C=O) groups is 2. The van der Waals surface area contributed by atoms with E-state index in [-0.39, 0.29) is 12.5 Å². The topological polar surface area (TPSA) is 99.9 Å². The Kier molecular flexibility index (Phi) is 4.86. The average Bonchev–Trinajstić information content (AvgIpc) is 2.54. The van der Waals surface area contributed by atoms with Crippen LogP contribution in [0.2, 0.25) is 0 Å². The minimum Gasteiger partial charge on any atom is -0.493 e. The molecular weight excluding hydrogens is 300 g/mol. The summed E-state index contributed by atoms with van der Waals surface area (Å²) in [5.74, 6) is -0.639. The van der Waals surface area contributed by atoms with Crippen molar-refractivity contribution in [2.24, 2.45) is 0 Å². The molecule has 120 valence electrons. The van der Waals surface area contributed by atoms with Crippen molar-refractivity contribution in [1.29, 1.82) is 5.26 Å². The average molecular weight is 316 g/mol. The number of carboxylic acids is 1. The molecule has 7 nitrogen and oxygen atoms in total. The molecule has 1 aliphatic heterocycles. The highest BCUT2D eigenvalue weighted by Gasteiger charge is 2.35. The molecule has 1 aliphatic rings. The zero-order valence-corrected chi connectivity index (χ0v) is 12.8. The number of nitrogens with zero attached hydrogens (tertiary/aromatic N) is 2. The Balaban J connectivity index is 2.58. The molecule has 0 saturated heterocycles. The number of amides is 1. The molecular formula is C16H16N2O5. The first-order valence-corrected chi connectivity index (χ1v) is 6.99. The van der Waals surface area contributed by atoms with Crippen LogP contribution in [0.1, 0.15) is 18.9 Å². The van der Waals surface area contributed by atoms with Crippen LogP contribution in [0, 0.1) is 11.3 Å². The van der Waals surface area contributed by atoms with Crippen molar-refractivity contribution in [1.82, 2.24) is 0 Å². The Morgan fingerprint density at radius 1 is 1.57 bits per heavy atom. The highest BCUT2D eigenvalue weighted by atomic mass is 16.5. The monoisotopic (exact) mass is 316 g/mol. The molecule has 1 heterocycles. The van der Waals surface area contributed by atoms with Gasteiger partial charge in [0, 0.05) is 6.08 Å². The number of hydrogen-bond acceptors (Lipinski definition) is 5. The van der Waals surface area contributed by atoms with Gasteiger partial charge in [-0.05, 0) is 30.2 Å². The van der Waals surface area contributed by atoms with Crippen LogP contribution in [-0.2, 0) is 9.59 Å². The Morgan fingerprint density at radius 2 is 2.30 bits per heavy atom. The summed E-state index contributed by atoms with van der Waals surface area (Å²) in [6, 6.07) is 5.17. The molecule has 0 saturated carbocycles. The summed E-state index contributed by atoms with van der Waals surface area (Å²) in [7, 11) is 1.45. The predicted molar refractivity (Wildman–Crippen MR) is 82.3 cm³/mol. The van der Waals surface area contributed by atoms with Gasteiger partial charge in [-0.25, -0.2) is 4.79 Å². The number of aliphatic carboxylic acids is 1. The molecule has 23 heavy (non-hydrogen) atoms. The normalized spacial score (nSPS) is 16.7. The first kappa shape index (κ1) is 16.4. The van der Waals surface area contributed by atoms with Crippen molar-refractivity contribution in [3.63, 3.8) is 0 Å². The molecule has 0 spiro atoms. The molecule has 1 aromatic rings. The van der Waals surface area contributed by atoms with Gasteiger partial charge in [-0.1, -0.05) is 6.92 Å². The highest BCUT2D eigenvalue weighted by molar-refractivity contribution is 6.01. The van der Waals surface area contributed by atoms with Crippen LogP contribution >= 0.6 is 0 Å². The van der Waals surface area contributed by atoms with Gasteiger partial charge in [0.2, 0.25) is 0 Å². The number of nitriles is 1. The third kappa shape index (κ3) is 3.26. The summed E-state index contributed by atoms with van der Waals surface area (Å²) < 4.78 is 11.0. The van der Waals surface area contributed by atoms with Crippen molar-refractivity contribution in [2.45, 2.75) is 19.4 Å². The number of benzene rings is 1. The Labute approximate surface area is 133 Å². The van der Waals surface area contributed by atoms with Crippen molar-refractivity contribution in [3.05, 3.63) is 23.8 Å². The van der Waals surface area contributed by atoms with Crippen LogP contribution in [0.25, 0.3) is 6.08 Å². The summed E-state index contributed by atoms with van der Waals surface area (Å²) in [5.41, 5.74) is 0.919. The minimum atomic E-state index is -1.09. The molecule has 0 radical (unpaired) electrons. The van der Waals surface area contributed by atoms with E-state index in [4.69, 9.17) is 19.8 Å². The van der Waals surface area contributed by atoms with Crippen molar-refractivity contribution in [2.75, 3.05) is 18.6 Å². The summed E-state index contributed by atoms with van der Waals surface area (Å²) in [5, 5.41) is 17.7. The largest absolute Gasteiger partial charge is 0.493 e. The maximum atomic E-state index is 12.4. The van der Waals surface area contributed by atoms with Crippen LogP contribution in [0.15, 0.2) is 18.2 Å². The van der Waals surface area contributed by atoms with E-state index in [0.29, 0.717) is 29.2 Å².